The second-order valence-corrected chi connectivity index (χ2v) is 3.75. The van der Waals surface area contributed by atoms with Crippen LogP contribution in [0.4, 0.5) is 0 Å². The third-order valence-electron chi connectivity index (χ3n) is 2.91. The van der Waals surface area contributed by atoms with Crippen molar-refractivity contribution in [3.63, 3.8) is 0 Å². The first-order chi connectivity index (χ1) is 6.83. The number of ketones is 1. The van der Waals surface area contributed by atoms with E-state index in [0.29, 0.717) is 0 Å². The van der Waals surface area contributed by atoms with E-state index in [1.807, 2.05) is 12.1 Å². The van der Waals surface area contributed by atoms with E-state index in [2.05, 4.69) is 18.7 Å². The molecule has 14 heavy (non-hydrogen) atoms. The Hall–Kier alpha value is -1.37. The summed E-state index contributed by atoms with van der Waals surface area (Å²) in [7, 11) is 0. The van der Waals surface area contributed by atoms with E-state index in [0.717, 1.165) is 19.3 Å². The monoisotopic (exact) mass is 186 g/mol. The molecule has 1 nitrogen and oxygen atoms in total. The molecule has 72 valence electrons. The molecule has 0 aromatic heterocycles. The first-order valence-corrected chi connectivity index (χ1v) is 5.07. The SMILES string of the molecule is C=CC(=O)C1CCCc2ccccc21. The van der Waals surface area contributed by atoms with Crippen LogP contribution in [0.15, 0.2) is 36.9 Å². The van der Waals surface area contributed by atoms with E-state index < -0.39 is 0 Å². The normalized spacial score (nSPS) is 19.9. The van der Waals surface area contributed by atoms with Crippen LogP contribution in [0.2, 0.25) is 0 Å². The van der Waals surface area contributed by atoms with Gasteiger partial charge in [0.15, 0.2) is 5.78 Å². The second-order valence-electron chi connectivity index (χ2n) is 3.75. The number of hydrogen-bond donors (Lipinski definition) is 0. The molecule has 0 N–H and O–H groups in total. The lowest BCUT2D eigenvalue weighted by Gasteiger charge is -2.23. The lowest BCUT2D eigenvalue weighted by Crippen LogP contribution is -2.16. The van der Waals surface area contributed by atoms with Crippen LogP contribution in [0.25, 0.3) is 0 Å². The van der Waals surface area contributed by atoms with E-state index >= 15 is 0 Å². The van der Waals surface area contributed by atoms with Gasteiger partial charge in [0, 0.05) is 5.92 Å². The lowest BCUT2D eigenvalue weighted by molar-refractivity contribution is -0.116. The highest BCUT2D eigenvalue weighted by atomic mass is 16.1. The molecule has 0 saturated carbocycles. The van der Waals surface area contributed by atoms with Crippen LogP contribution in [0.1, 0.15) is 29.9 Å². The highest BCUT2D eigenvalue weighted by Gasteiger charge is 2.23. The molecule has 0 spiro atoms. The van der Waals surface area contributed by atoms with Crippen LogP contribution in [0.3, 0.4) is 0 Å². The summed E-state index contributed by atoms with van der Waals surface area (Å²) in [4.78, 5) is 11.6. The molecule has 0 fully saturated rings. The van der Waals surface area contributed by atoms with Crippen molar-refractivity contribution in [2.75, 3.05) is 0 Å². The maximum Gasteiger partial charge on any atom is 0.162 e. The highest BCUT2D eigenvalue weighted by Crippen LogP contribution is 2.32. The summed E-state index contributed by atoms with van der Waals surface area (Å²) in [6, 6.07) is 8.24. The molecule has 0 amide bonds. The number of hydrogen-bond acceptors (Lipinski definition) is 1. The lowest BCUT2D eigenvalue weighted by atomic mass is 9.80. The first kappa shape index (κ1) is 9.20. The fourth-order valence-electron chi connectivity index (χ4n) is 2.19. The van der Waals surface area contributed by atoms with Gasteiger partial charge >= 0.3 is 0 Å². The number of rotatable bonds is 2. The number of carbonyl (C=O) groups excluding carboxylic acids is 1. The van der Waals surface area contributed by atoms with Crippen molar-refractivity contribution in [2.45, 2.75) is 25.2 Å². The Morgan fingerprint density at radius 3 is 3.00 bits per heavy atom. The molecule has 1 aliphatic carbocycles. The molecule has 0 bridgehead atoms. The summed E-state index contributed by atoms with van der Waals surface area (Å²) < 4.78 is 0. The second kappa shape index (κ2) is 3.79. The van der Waals surface area contributed by atoms with Gasteiger partial charge in [0.05, 0.1) is 0 Å². The van der Waals surface area contributed by atoms with Crippen molar-refractivity contribution in [1.29, 1.82) is 0 Å². The fraction of sp³-hybridized carbons (Fsp3) is 0.308. The fourth-order valence-corrected chi connectivity index (χ4v) is 2.19. The summed E-state index contributed by atoms with van der Waals surface area (Å²) in [5.41, 5.74) is 2.54. The zero-order chi connectivity index (χ0) is 9.97. The van der Waals surface area contributed by atoms with Crippen LogP contribution in [0, 0.1) is 0 Å². The van der Waals surface area contributed by atoms with Crippen LogP contribution in [0.5, 0.6) is 0 Å². The largest absolute Gasteiger partial charge is 0.294 e. The third kappa shape index (κ3) is 1.50. The molecule has 0 aliphatic heterocycles. The quantitative estimate of drug-likeness (QED) is 0.649. The number of carbonyl (C=O) groups is 1. The van der Waals surface area contributed by atoms with E-state index in [1.54, 1.807) is 0 Å². The predicted octanol–water partition coefficient (Wildman–Crippen LogP) is 2.86. The molecular formula is C13H14O. The molecule has 1 heteroatoms. The Morgan fingerprint density at radius 1 is 1.43 bits per heavy atom. The van der Waals surface area contributed by atoms with Crippen LogP contribution in [-0.2, 0) is 11.2 Å². The molecule has 0 radical (unpaired) electrons. The molecular weight excluding hydrogens is 172 g/mol. The molecule has 1 aliphatic rings. The summed E-state index contributed by atoms with van der Waals surface area (Å²) in [5.74, 6) is 0.231. The highest BCUT2D eigenvalue weighted by molar-refractivity contribution is 5.95. The van der Waals surface area contributed by atoms with Gasteiger partial charge in [-0.2, -0.15) is 0 Å². The summed E-state index contributed by atoms with van der Waals surface area (Å²) in [6.07, 6.45) is 4.65. The third-order valence-corrected chi connectivity index (χ3v) is 2.91. The van der Waals surface area contributed by atoms with Crippen LogP contribution in [-0.4, -0.2) is 5.78 Å². The van der Waals surface area contributed by atoms with Crippen molar-refractivity contribution in [2.24, 2.45) is 0 Å². The minimum absolute atomic E-state index is 0.0671. The Kier molecular flexibility index (Phi) is 2.49. The molecule has 0 saturated heterocycles. The maximum atomic E-state index is 11.6. The first-order valence-electron chi connectivity index (χ1n) is 5.07. The molecule has 1 aromatic rings. The van der Waals surface area contributed by atoms with E-state index in [9.17, 15) is 4.79 Å². The van der Waals surface area contributed by atoms with Crippen molar-refractivity contribution in [3.8, 4) is 0 Å². The van der Waals surface area contributed by atoms with Crippen molar-refractivity contribution < 1.29 is 4.79 Å². The standard InChI is InChI=1S/C13H14O/c1-2-13(14)12-9-5-7-10-6-3-4-8-11(10)12/h2-4,6,8,12H,1,5,7,9H2. The van der Waals surface area contributed by atoms with Gasteiger partial charge in [0.1, 0.15) is 0 Å². The van der Waals surface area contributed by atoms with Crippen LogP contribution >= 0.6 is 0 Å². The topological polar surface area (TPSA) is 17.1 Å². The van der Waals surface area contributed by atoms with Crippen molar-refractivity contribution in [1.82, 2.24) is 0 Å². The zero-order valence-corrected chi connectivity index (χ0v) is 8.20. The summed E-state index contributed by atoms with van der Waals surface area (Å²) >= 11 is 0. The van der Waals surface area contributed by atoms with E-state index in [4.69, 9.17) is 0 Å². The van der Waals surface area contributed by atoms with Gasteiger partial charge in [0.25, 0.3) is 0 Å². The van der Waals surface area contributed by atoms with Crippen molar-refractivity contribution >= 4 is 5.78 Å². The summed E-state index contributed by atoms with van der Waals surface area (Å²) in [5, 5.41) is 0. The average molecular weight is 186 g/mol. The van der Waals surface area contributed by atoms with Gasteiger partial charge in [-0.25, -0.2) is 0 Å². The maximum absolute atomic E-state index is 11.6. The summed E-state index contributed by atoms with van der Waals surface area (Å²) in [6.45, 7) is 3.56. The molecule has 1 unspecified atom stereocenters. The Bertz CT molecular complexity index is 365. The molecule has 1 atom stereocenters. The van der Waals surface area contributed by atoms with E-state index in [1.165, 1.54) is 17.2 Å². The number of allylic oxidation sites excluding steroid dienone is 1. The van der Waals surface area contributed by atoms with Gasteiger partial charge in [-0.3, -0.25) is 4.79 Å². The molecule has 1 aromatic carbocycles. The van der Waals surface area contributed by atoms with Gasteiger partial charge in [-0.05, 0) is 36.5 Å². The Morgan fingerprint density at radius 2 is 2.21 bits per heavy atom. The Balaban J connectivity index is 2.40. The Labute approximate surface area is 84.5 Å². The van der Waals surface area contributed by atoms with Gasteiger partial charge in [-0.15, -0.1) is 0 Å². The van der Waals surface area contributed by atoms with Crippen molar-refractivity contribution in [3.05, 3.63) is 48.0 Å². The molecule has 2 rings (SSSR count). The number of benzene rings is 1. The molecule has 0 heterocycles. The van der Waals surface area contributed by atoms with Gasteiger partial charge in [-0.1, -0.05) is 30.8 Å². The minimum atomic E-state index is 0.0671. The van der Waals surface area contributed by atoms with Gasteiger partial charge < -0.3 is 0 Å². The minimum Gasteiger partial charge on any atom is -0.294 e. The number of fused-ring (bicyclic) bond motifs is 1. The zero-order valence-electron chi connectivity index (χ0n) is 8.20. The predicted molar refractivity (Wildman–Crippen MR) is 57.3 cm³/mol. The van der Waals surface area contributed by atoms with Crippen LogP contribution < -0.4 is 0 Å². The van der Waals surface area contributed by atoms with E-state index in [-0.39, 0.29) is 11.7 Å². The smallest absolute Gasteiger partial charge is 0.162 e. The average Bonchev–Trinajstić information content (AvgIpc) is 2.27. The number of aryl methyl sites for hydroxylation is 1. The van der Waals surface area contributed by atoms with Gasteiger partial charge in [0.2, 0.25) is 0 Å².